The lowest BCUT2D eigenvalue weighted by molar-refractivity contribution is 0.0410. The normalized spacial score (nSPS) is 17.3. The molecule has 0 fully saturated rings. The minimum atomic E-state index is -1.75. The van der Waals surface area contributed by atoms with Gasteiger partial charge in [0.05, 0.1) is 12.2 Å². The summed E-state index contributed by atoms with van der Waals surface area (Å²) in [5.41, 5.74) is 0. The van der Waals surface area contributed by atoms with Crippen molar-refractivity contribution in [2.24, 2.45) is 0 Å². The van der Waals surface area contributed by atoms with Crippen LogP contribution in [0.1, 0.15) is 34.1 Å². The van der Waals surface area contributed by atoms with Crippen LogP contribution in [0.3, 0.4) is 0 Å². The largest absolute Gasteiger partial charge is 0.412 e. The van der Waals surface area contributed by atoms with Gasteiger partial charge in [-0.15, -0.1) is 6.58 Å². The van der Waals surface area contributed by atoms with Gasteiger partial charge in [-0.25, -0.2) is 0 Å². The quantitative estimate of drug-likeness (QED) is 0.580. The summed E-state index contributed by atoms with van der Waals surface area (Å²) in [6.45, 7) is 16.6. The SMILES string of the molecule is C=CC[C@H](O)[C@@H](C)O[Si](C)(C)C(C)(C)C. The van der Waals surface area contributed by atoms with Gasteiger partial charge in [-0.05, 0) is 31.5 Å². The Balaban J connectivity index is 4.39. The zero-order valence-corrected chi connectivity index (χ0v) is 12.0. The minimum Gasteiger partial charge on any atom is -0.412 e. The van der Waals surface area contributed by atoms with Gasteiger partial charge >= 0.3 is 0 Å². The van der Waals surface area contributed by atoms with E-state index >= 15 is 0 Å². The second-order valence-corrected chi connectivity index (χ2v) is 10.4. The molecule has 2 nitrogen and oxygen atoms in total. The Labute approximate surface area is 95.5 Å². The Morgan fingerprint density at radius 3 is 2.20 bits per heavy atom. The summed E-state index contributed by atoms with van der Waals surface area (Å²) < 4.78 is 6.06. The van der Waals surface area contributed by atoms with Crippen molar-refractivity contribution >= 4 is 8.32 Å². The number of rotatable bonds is 5. The van der Waals surface area contributed by atoms with Crippen LogP contribution in [0.15, 0.2) is 12.7 Å². The Bertz CT molecular complexity index is 206. The maximum absolute atomic E-state index is 9.77. The van der Waals surface area contributed by atoms with E-state index in [4.69, 9.17) is 4.43 Å². The summed E-state index contributed by atoms with van der Waals surface area (Å²) in [4.78, 5) is 0. The smallest absolute Gasteiger partial charge is 0.192 e. The lowest BCUT2D eigenvalue weighted by Crippen LogP contribution is -2.46. The van der Waals surface area contributed by atoms with Gasteiger partial charge in [0.2, 0.25) is 0 Å². The minimum absolute atomic E-state index is 0.108. The molecule has 0 aromatic heterocycles. The van der Waals surface area contributed by atoms with Crippen molar-refractivity contribution in [3.63, 3.8) is 0 Å². The standard InChI is InChI=1S/C12H26O2Si/c1-8-9-11(13)10(2)14-15(6,7)12(3,4)5/h8,10-11,13H,1,9H2,2-7H3/t10-,11+/m1/s1. The molecule has 0 aromatic rings. The van der Waals surface area contributed by atoms with E-state index in [1.165, 1.54) is 0 Å². The maximum atomic E-state index is 9.77. The topological polar surface area (TPSA) is 29.5 Å². The highest BCUT2D eigenvalue weighted by Gasteiger charge is 2.39. The molecule has 0 amide bonds. The molecule has 0 unspecified atom stereocenters. The summed E-state index contributed by atoms with van der Waals surface area (Å²) in [5, 5.41) is 9.96. The number of hydrogen-bond donors (Lipinski definition) is 1. The van der Waals surface area contributed by atoms with E-state index in [1.807, 2.05) is 6.92 Å². The van der Waals surface area contributed by atoms with Crippen molar-refractivity contribution < 1.29 is 9.53 Å². The second-order valence-electron chi connectivity index (χ2n) is 5.68. The van der Waals surface area contributed by atoms with E-state index < -0.39 is 14.4 Å². The third kappa shape index (κ3) is 4.49. The molecule has 0 saturated heterocycles. The predicted molar refractivity (Wildman–Crippen MR) is 68.6 cm³/mol. The highest BCUT2D eigenvalue weighted by Crippen LogP contribution is 2.37. The molecule has 0 rings (SSSR count). The monoisotopic (exact) mass is 230 g/mol. The van der Waals surface area contributed by atoms with Crippen LogP contribution in [-0.2, 0) is 4.43 Å². The fourth-order valence-corrected chi connectivity index (χ4v) is 2.52. The molecule has 1 N–H and O–H groups in total. The first-order valence-electron chi connectivity index (χ1n) is 5.58. The molecule has 0 spiro atoms. The van der Waals surface area contributed by atoms with Crippen molar-refractivity contribution in [1.29, 1.82) is 0 Å². The van der Waals surface area contributed by atoms with Crippen LogP contribution in [-0.4, -0.2) is 25.6 Å². The Morgan fingerprint density at radius 1 is 1.40 bits per heavy atom. The Morgan fingerprint density at radius 2 is 1.87 bits per heavy atom. The van der Waals surface area contributed by atoms with Crippen LogP contribution in [0.25, 0.3) is 0 Å². The molecular formula is C12H26O2Si. The van der Waals surface area contributed by atoms with Crippen LogP contribution >= 0.6 is 0 Å². The zero-order valence-electron chi connectivity index (χ0n) is 11.0. The third-order valence-corrected chi connectivity index (χ3v) is 7.81. The van der Waals surface area contributed by atoms with Gasteiger partial charge in [-0.2, -0.15) is 0 Å². The van der Waals surface area contributed by atoms with E-state index in [-0.39, 0.29) is 11.1 Å². The van der Waals surface area contributed by atoms with Gasteiger partial charge in [0.1, 0.15) is 0 Å². The number of hydrogen-bond acceptors (Lipinski definition) is 2. The van der Waals surface area contributed by atoms with Crippen molar-refractivity contribution in [2.45, 2.75) is 64.5 Å². The molecule has 0 radical (unpaired) electrons. The molecule has 0 aromatic carbocycles. The number of aliphatic hydroxyl groups excluding tert-OH is 1. The van der Waals surface area contributed by atoms with Gasteiger partial charge in [0.15, 0.2) is 8.32 Å². The van der Waals surface area contributed by atoms with Crippen LogP contribution in [0.4, 0.5) is 0 Å². The van der Waals surface area contributed by atoms with Gasteiger partial charge in [0, 0.05) is 0 Å². The van der Waals surface area contributed by atoms with E-state index in [0.29, 0.717) is 6.42 Å². The molecule has 0 saturated carbocycles. The summed E-state index contributed by atoms with van der Waals surface area (Å²) in [7, 11) is -1.75. The average molecular weight is 230 g/mol. The fraction of sp³-hybridized carbons (Fsp3) is 0.833. The highest BCUT2D eigenvalue weighted by atomic mass is 28.4. The molecular weight excluding hydrogens is 204 g/mol. The van der Waals surface area contributed by atoms with Gasteiger partial charge < -0.3 is 9.53 Å². The van der Waals surface area contributed by atoms with Gasteiger partial charge in [-0.1, -0.05) is 26.8 Å². The molecule has 0 aliphatic rings. The van der Waals surface area contributed by atoms with Gasteiger partial charge in [0.25, 0.3) is 0 Å². The molecule has 0 aliphatic carbocycles. The van der Waals surface area contributed by atoms with E-state index in [2.05, 4.69) is 40.4 Å². The van der Waals surface area contributed by atoms with Crippen molar-refractivity contribution in [2.75, 3.05) is 0 Å². The first-order valence-corrected chi connectivity index (χ1v) is 8.49. The van der Waals surface area contributed by atoms with Crippen molar-refractivity contribution in [1.82, 2.24) is 0 Å². The molecule has 90 valence electrons. The summed E-state index contributed by atoms with van der Waals surface area (Å²) in [5.74, 6) is 0. The van der Waals surface area contributed by atoms with E-state index in [0.717, 1.165) is 0 Å². The van der Waals surface area contributed by atoms with Crippen molar-refractivity contribution in [3.8, 4) is 0 Å². The molecule has 2 atom stereocenters. The summed E-state index contributed by atoms with van der Waals surface area (Å²) in [6, 6.07) is 0. The Hall–Kier alpha value is -0.123. The molecule has 0 aliphatic heterocycles. The first-order chi connectivity index (χ1) is 6.62. The van der Waals surface area contributed by atoms with Gasteiger partial charge in [-0.3, -0.25) is 0 Å². The highest BCUT2D eigenvalue weighted by molar-refractivity contribution is 6.74. The lowest BCUT2D eigenvalue weighted by Gasteiger charge is -2.39. The third-order valence-electron chi connectivity index (χ3n) is 3.24. The molecule has 15 heavy (non-hydrogen) atoms. The van der Waals surface area contributed by atoms with Crippen LogP contribution in [0.2, 0.25) is 18.1 Å². The molecule has 0 heterocycles. The zero-order chi connectivity index (χ0) is 12.3. The predicted octanol–water partition coefficient (Wildman–Crippen LogP) is 3.33. The molecule has 0 bridgehead atoms. The maximum Gasteiger partial charge on any atom is 0.192 e. The van der Waals surface area contributed by atoms with Crippen LogP contribution in [0, 0.1) is 0 Å². The fourth-order valence-electron chi connectivity index (χ4n) is 1.08. The van der Waals surface area contributed by atoms with E-state index in [9.17, 15) is 5.11 Å². The summed E-state index contributed by atoms with van der Waals surface area (Å²) >= 11 is 0. The van der Waals surface area contributed by atoms with E-state index in [1.54, 1.807) is 6.08 Å². The van der Waals surface area contributed by atoms with Crippen LogP contribution < -0.4 is 0 Å². The Kier molecular flexibility index (Phi) is 5.24. The van der Waals surface area contributed by atoms with Crippen molar-refractivity contribution in [3.05, 3.63) is 12.7 Å². The summed E-state index contributed by atoms with van der Waals surface area (Å²) in [6.07, 6.45) is 1.78. The molecule has 3 heteroatoms. The first kappa shape index (κ1) is 14.9. The lowest BCUT2D eigenvalue weighted by atomic mass is 10.2. The average Bonchev–Trinajstić information content (AvgIpc) is 2.01. The number of aliphatic hydroxyl groups is 1. The second kappa shape index (κ2) is 5.28. The van der Waals surface area contributed by atoms with Crippen LogP contribution in [0.5, 0.6) is 0 Å².